The molecule has 21 heavy (non-hydrogen) atoms. The van der Waals surface area contributed by atoms with Crippen LogP contribution in [0, 0.1) is 0 Å². The number of nitrogens with one attached hydrogen (secondary N) is 2. The molecule has 0 saturated carbocycles. The molecular weight excluding hydrogens is 336 g/mol. The average molecular weight is 343 g/mol. The van der Waals surface area contributed by atoms with Gasteiger partial charge in [0.2, 0.25) is 5.43 Å². The summed E-state index contributed by atoms with van der Waals surface area (Å²) in [4.78, 5) is 13.8. The number of H-pyrrole nitrogens is 1. The van der Waals surface area contributed by atoms with Gasteiger partial charge in [-0.3, -0.25) is 9.52 Å². The van der Waals surface area contributed by atoms with Crippen LogP contribution < -0.4 is 10.2 Å². The van der Waals surface area contributed by atoms with E-state index in [1.165, 1.54) is 12.3 Å². The summed E-state index contributed by atoms with van der Waals surface area (Å²) in [5, 5.41) is 0.172. The van der Waals surface area contributed by atoms with Crippen LogP contribution in [0.25, 0.3) is 11.0 Å². The van der Waals surface area contributed by atoms with E-state index in [9.17, 15) is 13.2 Å². The Morgan fingerprint density at radius 2 is 2.05 bits per heavy atom. The number of fused-ring (bicyclic) bond motifs is 1. The maximum atomic E-state index is 12.3. The minimum Gasteiger partial charge on any atom is -0.366 e. The average Bonchev–Trinajstić information content (AvgIpc) is 2.91. The van der Waals surface area contributed by atoms with Crippen molar-refractivity contribution in [3.8, 4) is 0 Å². The van der Waals surface area contributed by atoms with Crippen molar-refractivity contribution in [2.45, 2.75) is 4.90 Å². The van der Waals surface area contributed by atoms with Crippen molar-refractivity contribution >= 4 is 50.1 Å². The molecule has 0 atom stereocenters. The molecule has 0 fully saturated rings. The first-order valence-corrected chi connectivity index (χ1v) is 8.19. The number of aromatic nitrogens is 3. The number of hydrogen-bond acceptors (Lipinski definition) is 6. The Hall–Kier alpha value is -1.97. The summed E-state index contributed by atoms with van der Waals surface area (Å²) in [6, 6.07) is 4.27. The molecule has 2 heterocycles. The van der Waals surface area contributed by atoms with E-state index in [1.54, 1.807) is 6.07 Å². The predicted molar refractivity (Wildman–Crippen MR) is 80.3 cm³/mol. The van der Waals surface area contributed by atoms with E-state index >= 15 is 0 Å². The number of rotatable bonds is 3. The number of pyridine rings is 1. The van der Waals surface area contributed by atoms with E-state index in [1.807, 2.05) is 0 Å². The topological polar surface area (TPSA) is 105 Å². The first kappa shape index (κ1) is 14.0. The Labute approximate surface area is 128 Å². The van der Waals surface area contributed by atoms with E-state index in [0.29, 0.717) is 11.0 Å². The van der Waals surface area contributed by atoms with Crippen LogP contribution >= 0.6 is 23.3 Å². The minimum absolute atomic E-state index is 0.103. The number of sulfonamides is 1. The number of halogens is 1. The van der Waals surface area contributed by atoms with Crippen LogP contribution in [0.5, 0.6) is 0 Å². The third kappa shape index (κ3) is 2.50. The molecule has 3 aromatic rings. The number of hydrogen-bond donors (Lipinski definition) is 2. The molecule has 2 N–H and O–H groups in total. The van der Waals surface area contributed by atoms with Gasteiger partial charge in [-0.05, 0) is 12.1 Å². The first-order valence-electron chi connectivity index (χ1n) is 5.60. The van der Waals surface area contributed by atoms with Crippen molar-refractivity contribution in [2.75, 3.05) is 4.72 Å². The summed E-state index contributed by atoms with van der Waals surface area (Å²) in [7, 11) is -4.08. The highest BCUT2D eigenvalue weighted by atomic mass is 35.5. The third-order valence-electron chi connectivity index (χ3n) is 2.69. The van der Waals surface area contributed by atoms with Crippen LogP contribution in [0.4, 0.5) is 5.69 Å². The molecule has 0 radical (unpaired) electrons. The number of anilines is 1. The Balaban J connectivity index is 2.14. The van der Waals surface area contributed by atoms with Crippen LogP contribution in [0.3, 0.4) is 0 Å². The normalized spacial score (nSPS) is 11.7. The van der Waals surface area contributed by atoms with Gasteiger partial charge in [-0.25, -0.2) is 8.42 Å². The SMILES string of the molecule is O=c1cc[nH]cc1S(=O)(=O)Nc1c(Cl)ccc2nsnc12. The molecule has 0 aliphatic rings. The largest absolute Gasteiger partial charge is 0.366 e. The second-order valence-electron chi connectivity index (χ2n) is 4.03. The Bertz CT molecular complexity index is 980. The van der Waals surface area contributed by atoms with Gasteiger partial charge in [-0.2, -0.15) is 8.75 Å². The van der Waals surface area contributed by atoms with Crippen LogP contribution in [0.1, 0.15) is 0 Å². The van der Waals surface area contributed by atoms with E-state index < -0.39 is 20.3 Å². The molecule has 0 aliphatic carbocycles. The fourth-order valence-electron chi connectivity index (χ4n) is 1.72. The maximum absolute atomic E-state index is 12.3. The predicted octanol–water partition coefficient (Wildman–Crippen LogP) is 1.83. The molecule has 0 amide bonds. The van der Waals surface area contributed by atoms with Crippen LogP contribution in [0.2, 0.25) is 5.02 Å². The molecule has 108 valence electrons. The quantitative estimate of drug-likeness (QED) is 0.755. The molecule has 0 aliphatic heterocycles. The minimum atomic E-state index is -4.08. The Morgan fingerprint density at radius 3 is 2.81 bits per heavy atom. The maximum Gasteiger partial charge on any atom is 0.267 e. The Morgan fingerprint density at radius 1 is 1.24 bits per heavy atom. The summed E-state index contributed by atoms with van der Waals surface area (Å²) >= 11 is 6.96. The van der Waals surface area contributed by atoms with E-state index in [4.69, 9.17) is 11.6 Å². The third-order valence-corrected chi connectivity index (χ3v) is 4.92. The lowest BCUT2D eigenvalue weighted by Gasteiger charge is -2.09. The van der Waals surface area contributed by atoms with Crippen molar-refractivity contribution in [1.29, 1.82) is 0 Å². The molecule has 2 aromatic heterocycles. The molecule has 0 spiro atoms. The van der Waals surface area contributed by atoms with Gasteiger partial charge in [0, 0.05) is 18.5 Å². The molecular formula is C11H7ClN4O3S2. The van der Waals surface area contributed by atoms with E-state index in [-0.39, 0.29) is 10.7 Å². The van der Waals surface area contributed by atoms with Gasteiger partial charge in [-0.1, -0.05) is 11.6 Å². The van der Waals surface area contributed by atoms with Gasteiger partial charge in [0.05, 0.1) is 22.4 Å². The molecule has 0 saturated heterocycles. The summed E-state index contributed by atoms with van der Waals surface area (Å²) < 4.78 is 34.9. The molecule has 0 unspecified atom stereocenters. The van der Waals surface area contributed by atoms with Crippen LogP contribution in [-0.4, -0.2) is 22.1 Å². The lowest BCUT2D eigenvalue weighted by molar-refractivity contribution is 0.600. The van der Waals surface area contributed by atoms with Gasteiger partial charge < -0.3 is 4.98 Å². The first-order chi connectivity index (χ1) is 9.99. The molecule has 1 aromatic carbocycles. The van der Waals surface area contributed by atoms with Crippen molar-refractivity contribution < 1.29 is 8.42 Å². The highest BCUT2D eigenvalue weighted by Gasteiger charge is 2.21. The standard InChI is InChI=1S/C11H7ClN4O3S2/c12-6-1-2-7-11(15-20-14-7)10(6)16-21(18,19)9-5-13-4-3-8(9)17/h1-5,16H,(H,13,17). The van der Waals surface area contributed by atoms with E-state index in [0.717, 1.165) is 24.0 Å². The summed E-state index contributed by atoms with van der Waals surface area (Å²) in [6.07, 6.45) is 2.46. The van der Waals surface area contributed by atoms with Crippen molar-refractivity contribution in [1.82, 2.24) is 13.7 Å². The molecule has 7 nitrogen and oxygen atoms in total. The monoisotopic (exact) mass is 342 g/mol. The van der Waals surface area contributed by atoms with Crippen LogP contribution in [0.15, 0.2) is 40.3 Å². The smallest absolute Gasteiger partial charge is 0.267 e. The lowest BCUT2D eigenvalue weighted by atomic mass is 10.3. The number of benzene rings is 1. The summed E-state index contributed by atoms with van der Waals surface area (Å²) in [5.41, 5.74) is 0.333. The fourth-order valence-corrected chi connectivity index (χ4v) is 3.66. The molecule has 0 bridgehead atoms. The second-order valence-corrected chi connectivity index (χ2v) is 6.62. The van der Waals surface area contributed by atoms with Gasteiger partial charge in [-0.15, -0.1) is 0 Å². The number of nitrogens with zero attached hydrogens (tertiary/aromatic N) is 2. The van der Waals surface area contributed by atoms with Gasteiger partial charge in [0.1, 0.15) is 11.0 Å². The van der Waals surface area contributed by atoms with Crippen molar-refractivity contribution in [3.63, 3.8) is 0 Å². The van der Waals surface area contributed by atoms with Gasteiger partial charge in [0.15, 0.2) is 4.90 Å². The zero-order chi connectivity index (χ0) is 15.0. The van der Waals surface area contributed by atoms with Crippen LogP contribution in [-0.2, 0) is 10.0 Å². The summed E-state index contributed by atoms with van der Waals surface area (Å²) in [5.74, 6) is 0. The molecule has 3 rings (SSSR count). The van der Waals surface area contributed by atoms with Gasteiger partial charge >= 0.3 is 0 Å². The highest BCUT2D eigenvalue weighted by molar-refractivity contribution is 7.92. The second kappa shape index (κ2) is 5.10. The molecule has 10 heteroatoms. The van der Waals surface area contributed by atoms with Crippen molar-refractivity contribution in [3.05, 3.63) is 45.8 Å². The number of aromatic amines is 1. The highest BCUT2D eigenvalue weighted by Crippen LogP contribution is 2.31. The fraction of sp³-hybridized carbons (Fsp3) is 0. The van der Waals surface area contributed by atoms with E-state index in [2.05, 4.69) is 18.5 Å². The zero-order valence-corrected chi connectivity index (χ0v) is 12.6. The Kier molecular flexibility index (Phi) is 3.40. The summed E-state index contributed by atoms with van der Waals surface area (Å²) in [6.45, 7) is 0. The zero-order valence-electron chi connectivity index (χ0n) is 10.2. The lowest BCUT2D eigenvalue weighted by Crippen LogP contribution is -2.21. The van der Waals surface area contributed by atoms with Gasteiger partial charge in [0.25, 0.3) is 10.0 Å². The van der Waals surface area contributed by atoms with Crippen molar-refractivity contribution in [2.24, 2.45) is 0 Å².